The molecule has 5 atom stereocenters. The van der Waals surface area contributed by atoms with Gasteiger partial charge >= 0.3 is 12.1 Å². The number of esters is 1. The number of rotatable bonds is 19. The Morgan fingerprint density at radius 1 is 0.931 bits per heavy atom. The number of anilines is 1. The van der Waals surface area contributed by atoms with Crippen LogP contribution in [-0.4, -0.2) is 93.7 Å². The van der Waals surface area contributed by atoms with Gasteiger partial charge in [0, 0.05) is 31.1 Å². The monoisotopic (exact) mass is 811 g/mol. The summed E-state index contributed by atoms with van der Waals surface area (Å²) in [5.41, 5.74) is -1.98. The third kappa shape index (κ3) is 14.5. The minimum Gasteiger partial charge on any atom is -0.504 e. The van der Waals surface area contributed by atoms with Gasteiger partial charge in [-0.3, -0.25) is 9.59 Å². The molecule has 1 heterocycles. The van der Waals surface area contributed by atoms with E-state index in [9.17, 15) is 34.5 Å². The van der Waals surface area contributed by atoms with Gasteiger partial charge in [-0.15, -0.1) is 0 Å². The Bertz CT molecular complexity index is 1720. The lowest BCUT2D eigenvalue weighted by Crippen LogP contribution is -2.61. The number of unbranched alkanes of at least 4 members (excludes halogenated alkanes) is 5. The van der Waals surface area contributed by atoms with E-state index in [2.05, 4.69) is 22.9 Å². The molecular formula is C43H61N3O12. The maximum atomic E-state index is 14.0. The first-order valence-electron chi connectivity index (χ1n) is 20.2. The van der Waals surface area contributed by atoms with Gasteiger partial charge < -0.3 is 55.0 Å². The van der Waals surface area contributed by atoms with Crippen LogP contribution >= 0.6 is 0 Å². The van der Waals surface area contributed by atoms with E-state index in [0.717, 1.165) is 18.9 Å². The fourth-order valence-corrected chi connectivity index (χ4v) is 6.80. The van der Waals surface area contributed by atoms with Crippen molar-refractivity contribution in [3.8, 4) is 17.2 Å². The van der Waals surface area contributed by atoms with Crippen molar-refractivity contribution in [1.82, 2.24) is 10.6 Å². The molecule has 1 saturated heterocycles. The van der Waals surface area contributed by atoms with Crippen molar-refractivity contribution in [2.24, 2.45) is 0 Å². The van der Waals surface area contributed by atoms with E-state index in [1.807, 2.05) is 0 Å². The summed E-state index contributed by atoms with van der Waals surface area (Å²) in [6.07, 6.45) is 5.72. The van der Waals surface area contributed by atoms with E-state index in [-0.39, 0.29) is 43.7 Å². The van der Waals surface area contributed by atoms with Crippen LogP contribution in [0.15, 0.2) is 48.5 Å². The summed E-state index contributed by atoms with van der Waals surface area (Å²) in [4.78, 5) is 53.1. The molecule has 1 saturated carbocycles. The zero-order chi connectivity index (χ0) is 42.5. The smallest absolute Gasteiger partial charge is 0.407 e. The summed E-state index contributed by atoms with van der Waals surface area (Å²) in [5, 5.41) is 39.5. The lowest BCUT2D eigenvalue weighted by atomic mass is 9.78. The third-order valence-electron chi connectivity index (χ3n) is 9.62. The van der Waals surface area contributed by atoms with Gasteiger partial charge in [-0.25, -0.2) is 9.59 Å². The van der Waals surface area contributed by atoms with E-state index >= 15 is 0 Å². The highest BCUT2D eigenvalue weighted by atomic mass is 16.8. The Kier molecular flexibility index (Phi) is 16.4. The van der Waals surface area contributed by atoms with Crippen LogP contribution in [-0.2, 0) is 33.3 Å². The SMILES string of the molecule is CCCCCCCCOc1ccc(NC(=O)C(CCCNC(=O)OC(C)(C)C)NC(=O)[C@@]2(O)C[C@@H](OC(=O)/C=C/c3ccc(O)c(O)c3)C3OC(C)(C)O[C@@H]3C2)cc1. The number of amides is 3. The van der Waals surface area contributed by atoms with Crippen molar-refractivity contribution in [3.63, 3.8) is 0 Å². The summed E-state index contributed by atoms with van der Waals surface area (Å²) in [7, 11) is 0. The molecule has 1 aliphatic carbocycles. The Morgan fingerprint density at radius 2 is 1.64 bits per heavy atom. The van der Waals surface area contributed by atoms with Crippen molar-refractivity contribution in [2.45, 2.75) is 147 Å². The molecule has 1 aliphatic heterocycles. The number of phenols is 2. The first-order chi connectivity index (χ1) is 27.4. The first kappa shape index (κ1) is 45.8. The van der Waals surface area contributed by atoms with Gasteiger partial charge in [0.1, 0.15) is 35.2 Å². The molecule has 15 nitrogen and oxygen atoms in total. The fourth-order valence-electron chi connectivity index (χ4n) is 6.80. The minimum absolute atomic E-state index is 0.0810. The first-order valence-corrected chi connectivity index (χ1v) is 20.2. The Hall–Kier alpha value is -4.86. The molecule has 0 spiro atoms. The molecular weight excluding hydrogens is 750 g/mol. The van der Waals surface area contributed by atoms with Crippen molar-refractivity contribution in [2.75, 3.05) is 18.5 Å². The molecule has 0 aromatic heterocycles. The topological polar surface area (TPSA) is 211 Å². The Morgan fingerprint density at radius 3 is 2.33 bits per heavy atom. The van der Waals surface area contributed by atoms with Gasteiger partial charge in [0.05, 0.1) is 12.7 Å². The average molecular weight is 812 g/mol. The van der Waals surface area contributed by atoms with Gasteiger partial charge in [-0.05, 0) is 102 Å². The summed E-state index contributed by atoms with van der Waals surface area (Å²) in [6.45, 7) is 11.5. The van der Waals surface area contributed by atoms with E-state index in [1.54, 1.807) is 58.9 Å². The lowest BCUT2D eigenvalue weighted by Gasteiger charge is -2.40. The van der Waals surface area contributed by atoms with E-state index < -0.39 is 65.2 Å². The van der Waals surface area contributed by atoms with E-state index in [1.165, 1.54) is 50.0 Å². The molecule has 6 N–H and O–H groups in total. The highest BCUT2D eigenvalue weighted by molar-refractivity contribution is 5.98. The number of phenolic OH excluding ortho intramolecular Hbond substituents is 2. The van der Waals surface area contributed by atoms with Crippen LogP contribution in [0.3, 0.4) is 0 Å². The van der Waals surface area contributed by atoms with Crippen LogP contribution in [0, 0.1) is 0 Å². The number of carbonyl (C=O) groups is 4. The zero-order valence-corrected chi connectivity index (χ0v) is 34.5. The van der Waals surface area contributed by atoms with Crippen LogP contribution in [0.5, 0.6) is 17.2 Å². The number of alkyl carbamates (subject to hydrolysis) is 1. The number of aliphatic hydroxyl groups is 1. The Labute approximate surface area is 340 Å². The molecule has 2 fully saturated rings. The summed E-state index contributed by atoms with van der Waals surface area (Å²) >= 11 is 0. The number of hydrogen-bond acceptors (Lipinski definition) is 12. The molecule has 4 rings (SSSR count). The maximum Gasteiger partial charge on any atom is 0.407 e. The molecule has 0 bridgehead atoms. The zero-order valence-electron chi connectivity index (χ0n) is 34.5. The molecule has 2 aromatic rings. The van der Waals surface area contributed by atoms with Crippen molar-refractivity contribution in [1.29, 1.82) is 0 Å². The van der Waals surface area contributed by atoms with Gasteiger partial charge in [0.2, 0.25) is 5.91 Å². The minimum atomic E-state index is -2.15. The predicted molar refractivity (Wildman–Crippen MR) is 216 cm³/mol. The lowest BCUT2D eigenvalue weighted by molar-refractivity contribution is -0.176. The number of aromatic hydroxyl groups is 2. The largest absolute Gasteiger partial charge is 0.504 e. The maximum absolute atomic E-state index is 14.0. The quantitative estimate of drug-likeness (QED) is 0.0403. The second-order valence-corrected chi connectivity index (χ2v) is 16.4. The Balaban J connectivity index is 1.44. The number of ether oxygens (including phenoxy) is 5. The highest BCUT2D eigenvalue weighted by Crippen LogP contribution is 2.42. The van der Waals surface area contributed by atoms with Crippen molar-refractivity contribution >= 4 is 35.6 Å². The number of benzene rings is 2. The second-order valence-electron chi connectivity index (χ2n) is 16.4. The van der Waals surface area contributed by atoms with Crippen molar-refractivity contribution in [3.05, 3.63) is 54.1 Å². The third-order valence-corrected chi connectivity index (χ3v) is 9.62. The normalized spacial score (nSPS) is 21.7. The number of nitrogens with one attached hydrogen (secondary N) is 3. The summed E-state index contributed by atoms with van der Waals surface area (Å²) in [5.74, 6) is -3.39. The summed E-state index contributed by atoms with van der Waals surface area (Å²) < 4.78 is 29.0. The number of carbonyl (C=O) groups excluding carboxylic acids is 4. The van der Waals surface area contributed by atoms with Crippen molar-refractivity contribution < 1.29 is 58.2 Å². The summed E-state index contributed by atoms with van der Waals surface area (Å²) in [6, 6.07) is 9.76. The second kappa shape index (κ2) is 20.7. The molecule has 320 valence electrons. The van der Waals surface area contributed by atoms with Gasteiger partial charge in [0.25, 0.3) is 5.91 Å². The van der Waals surface area contributed by atoms with Gasteiger partial charge in [-0.2, -0.15) is 0 Å². The molecule has 2 aliphatic rings. The molecule has 58 heavy (non-hydrogen) atoms. The van der Waals surface area contributed by atoms with Crippen LogP contribution in [0.25, 0.3) is 6.08 Å². The van der Waals surface area contributed by atoms with Crippen LogP contribution in [0.2, 0.25) is 0 Å². The fraction of sp³-hybridized carbons (Fsp3) is 0.581. The van der Waals surface area contributed by atoms with E-state index in [0.29, 0.717) is 23.6 Å². The number of fused-ring (bicyclic) bond motifs is 1. The molecule has 15 heteroatoms. The standard InChI is InChI=1S/C43H61N3O12/c1-7-8-9-10-11-12-24-54-30-19-17-29(18-20-30)45-38(50)31(14-13-23-44-40(52)58-41(2,3)4)46-39(51)43(53)26-34(37-35(27-43)56-42(5,6)57-37)55-36(49)22-16-28-15-21-32(47)33(48)25-28/h15-22,25,31,34-35,37,47-48,53H,7-14,23-24,26-27H2,1-6H3,(H,44,52)(H,45,50)(H,46,51)/b22-16+/t31?,34-,35-,37?,43-/m1/s1. The molecule has 3 amide bonds. The van der Waals surface area contributed by atoms with Crippen LogP contribution in [0.4, 0.5) is 10.5 Å². The molecule has 2 unspecified atom stereocenters. The van der Waals surface area contributed by atoms with Gasteiger partial charge in [0.15, 0.2) is 17.3 Å². The molecule has 0 radical (unpaired) electrons. The van der Waals surface area contributed by atoms with E-state index in [4.69, 9.17) is 23.7 Å². The van der Waals surface area contributed by atoms with Crippen LogP contribution in [0.1, 0.15) is 111 Å². The van der Waals surface area contributed by atoms with Gasteiger partial charge in [-0.1, -0.05) is 45.1 Å². The predicted octanol–water partition coefficient (Wildman–Crippen LogP) is 6.24. The number of hydrogen-bond donors (Lipinski definition) is 6. The highest BCUT2D eigenvalue weighted by Gasteiger charge is 2.57. The van der Waals surface area contributed by atoms with Crippen LogP contribution < -0.4 is 20.7 Å². The molecule has 2 aromatic carbocycles. The average Bonchev–Trinajstić information content (AvgIpc) is 3.46.